The quantitative estimate of drug-likeness (QED) is 0.244. The highest BCUT2D eigenvalue weighted by Crippen LogP contribution is 2.37. The monoisotopic (exact) mass is 397 g/mol. The van der Waals surface area contributed by atoms with Gasteiger partial charge in [-0.3, -0.25) is 9.80 Å². The van der Waals surface area contributed by atoms with Crippen LogP contribution in [0.2, 0.25) is 5.02 Å². The largest absolute Gasteiger partial charge is 0.496 e. The Labute approximate surface area is 163 Å². The predicted molar refractivity (Wildman–Crippen MR) is 108 cm³/mol. The molecule has 0 fully saturated rings. The molecule has 0 aromatic heterocycles. The highest BCUT2D eigenvalue weighted by atomic mass is 35.5. The minimum atomic E-state index is 0.528. The number of anilines is 1. The third-order valence-corrected chi connectivity index (χ3v) is 4.58. The van der Waals surface area contributed by atoms with E-state index in [2.05, 4.69) is 5.32 Å². The van der Waals surface area contributed by atoms with Gasteiger partial charge < -0.3 is 14.8 Å². The van der Waals surface area contributed by atoms with Crippen molar-refractivity contribution in [1.82, 2.24) is 5.01 Å². The second-order valence-electron chi connectivity index (χ2n) is 5.09. The Balaban J connectivity index is 0.000000597. The molecule has 0 radical (unpaired) electrons. The summed E-state index contributed by atoms with van der Waals surface area (Å²) in [6, 6.07) is 11.6. The summed E-state index contributed by atoms with van der Waals surface area (Å²) < 4.78 is 10.8. The summed E-state index contributed by atoms with van der Waals surface area (Å²) in [6.45, 7) is 0. The lowest BCUT2D eigenvalue weighted by atomic mass is 10.2. The SMILES string of the molecule is CN(N)C=O.CNc1cccc(OC)c1CSc1cc(Cl)ccc1OC. The third kappa shape index (κ3) is 6.67. The van der Waals surface area contributed by atoms with Crippen LogP contribution in [0.5, 0.6) is 11.5 Å². The Morgan fingerprint density at radius 1 is 1.23 bits per heavy atom. The number of carbonyl (C=O) groups excluding carboxylic acids is 1. The lowest BCUT2D eigenvalue weighted by Gasteiger charge is -2.14. The van der Waals surface area contributed by atoms with Crippen molar-refractivity contribution in [3.63, 3.8) is 0 Å². The predicted octanol–water partition coefficient (Wildman–Crippen LogP) is 3.64. The summed E-state index contributed by atoms with van der Waals surface area (Å²) in [4.78, 5) is 10.3. The lowest BCUT2D eigenvalue weighted by molar-refractivity contribution is -0.117. The molecule has 0 heterocycles. The zero-order valence-corrected chi connectivity index (χ0v) is 16.9. The van der Waals surface area contributed by atoms with Gasteiger partial charge in [-0.25, -0.2) is 5.84 Å². The molecule has 0 saturated carbocycles. The summed E-state index contributed by atoms with van der Waals surface area (Å²) in [7, 11) is 6.72. The molecule has 0 spiro atoms. The second kappa shape index (κ2) is 11.5. The van der Waals surface area contributed by atoms with Crippen molar-refractivity contribution >= 4 is 35.5 Å². The van der Waals surface area contributed by atoms with Crippen LogP contribution in [0, 0.1) is 0 Å². The molecule has 142 valence electrons. The van der Waals surface area contributed by atoms with E-state index >= 15 is 0 Å². The van der Waals surface area contributed by atoms with Gasteiger partial charge in [-0.1, -0.05) is 17.7 Å². The number of amides is 1. The molecule has 3 N–H and O–H groups in total. The molecular formula is C18H24ClN3O3S. The fourth-order valence-corrected chi connectivity index (χ4v) is 3.39. The Bertz CT molecular complexity index is 692. The molecule has 6 nitrogen and oxygen atoms in total. The normalized spacial score (nSPS) is 9.62. The summed E-state index contributed by atoms with van der Waals surface area (Å²) in [5, 5.41) is 4.84. The number of hydrogen-bond donors (Lipinski definition) is 2. The number of carbonyl (C=O) groups is 1. The van der Waals surface area contributed by atoms with Crippen LogP contribution >= 0.6 is 23.4 Å². The molecule has 2 aromatic rings. The van der Waals surface area contributed by atoms with E-state index in [1.807, 2.05) is 43.4 Å². The zero-order valence-electron chi connectivity index (χ0n) is 15.3. The van der Waals surface area contributed by atoms with Crippen molar-refractivity contribution in [3.05, 3.63) is 47.0 Å². The first-order chi connectivity index (χ1) is 12.5. The van der Waals surface area contributed by atoms with Crippen LogP contribution in [0.15, 0.2) is 41.3 Å². The molecule has 0 aliphatic heterocycles. The fraction of sp³-hybridized carbons (Fsp3) is 0.278. The number of hydrogen-bond acceptors (Lipinski definition) is 6. The molecule has 0 unspecified atom stereocenters. The van der Waals surface area contributed by atoms with E-state index in [0.717, 1.165) is 38.4 Å². The molecule has 8 heteroatoms. The van der Waals surface area contributed by atoms with Gasteiger partial charge in [0.1, 0.15) is 11.5 Å². The van der Waals surface area contributed by atoms with Crippen LogP contribution in [-0.2, 0) is 10.5 Å². The number of methoxy groups -OCH3 is 2. The van der Waals surface area contributed by atoms with E-state index in [-0.39, 0.29) is 0 Å². The number of rotatable bonds is 7. The molecular weight excluding hydrogens is 374 g/mol. The first-order valence-electron chi connectivity index (χ1n) is 7.69. The van der Waals surface area contributed by atoms with E-state index < -0.39 is 0 Å². The lowest BCUT2D eigenvalue weighted by Crippen LogP contribution is -2.23. The maximum Gasteiger partial charge on any atom is 0.223 e. The number of hydrazine groups is 1. The number of benzene rings is 2. The average molecular weight is 398 g/mol. The average Bonchev–Trinajstić information content (AvgIpc) is 2.66. The molecule has 0 bridgehead atoms. The van der Waals surface area contributed by atoms with Gasteiger partial charge in [0.15, 0.2) is 0 Å². The van der Waals surface area contributed by atoms with Gasteiger partial charge in [0.2, 0.25) is 6.41 Å². The van der Waals surface area contributed by atoms with Crippen molar-refractivity contribution < 1.29 is 14.3 Å². The topological polar surface area (TPSA) is 76.8 Å². The summed E-state index contributed by atoms with van der Waals surface area (Å²) in [6.07, 6.45) is 0.528. The van der Waals surface area contributed by atoms with E-state index in [1.165, 1.54) is 7.05 Å². The van der Waals surface area contributed by atoms with Gasteiger partial charge in [-0.2, -0.15) is 0 Å². The van der Waals surface area contributed by atoms with E-state index in [1.54, 1.807) is 26.0 Å². The smallest absolute Gasteiger partial charge is 0.223 e. The van der Waals surface area contributed by atoms with Gasteiger partial charge >= 0.3 is 0 Å². The van der Waals surface area contributed by atoms with Crippen LogP contribution in [-0.4, -0.2) is 39.7 Å². The van der Waals surface area contributed by atoms with Gasteiger partial charge in [-0.15, -0.1) is 11.8 Å². The van der Waals surface area contributed by atoms with Crippen LogP contribution in [0.25, 0.3) is 0 Å². The van der Waals surface area contributed by atoms with Gasteiger partial charge in [-0.05, 0) is 30.3 Å². The number of halogens is 1. The Hall–Kier alpha value is -2.09. The first-order valence-corrected chi connectivity index (χ1v) is 9.06. The highest BCUT2D eigenvalue weighted by molar-refractivity contribution is 7.98. The van der Waals surface area contributed by atoms with Crippen LogP contribution in [0.4, 0.5) is 5.69 Å². The van der Waals surface area contributed by atoms with E-state index in [4.69, 9.17) is 26.9 Å². The first kappa shape index (κ1) is 22.0. The molecule has 0 atom stereocenters. The summed E-state index contributed by atoms with van der Waals surface area (Å²) >= 11 is 7.74. The summed E-state index contributed by atoms with van der Waals surface area (Å²) in [5.41, 5.74) is 2.18. The van der Waals surface area contributed by atoms with Crippen molar-refractivity contribution in [1.29, 1.82) is 0 Å². The Morgan fingerprint density at radius 3 is 2.42 bits per heavy atom. The molecule has 2 aromatic carbocycles. The standard InChI is InChI=1S/C16H18ClNO2S.C2H6N2O/c1-18-13-5-4-6-14(19-2)12(13)10-21-16-9-11(17)7-8-15(16)20-3;1-4(3)2-5/h4-9,18H,10H2,1-3H3;2H,3H2,1H3. The van der Waals surface area contributed by atoms with Gasteiger partial charge in [0, 0.05) is 36.1 Å². The highest BCUT2D eigenvalue weighted by Gasteiger charge is 2.11. The molecule has 0 aliphatic rings. The molecule has 26 heavy (non-hydrogen) atoms. The number of ether oxygens (including phenoxy) is 2. The molecule has 0 aliphatic carbocycles. The molecule has 0 saturated heterocycles. The maximum absolute atomic E-state index is 9.31. The number of nitrogens with one attached hydrogen (secondary N) is 1. The molecule has 1 amide bonds. The van der Waals surface area contributed by atoms with Crippen molar-refractivity contribution in [3.8, 4) is 11.5 Å². The minimum absolute atomic E-state index is 0.528. The van der Waals surface area contributed by atoms with E-state index in [0.29, 0.717) is 11.4 Å². The molecule has 2 rings (SSSR count). The summed E-state index contributed by atoms with van der Waals surface area (Å²) in [5.74, 6) is 7.21. The fourth-order valence-electron chi connectivity index (χ4n) is 2.05. The number of thioether (sulfide) groups is 1. The Kier molecular flexibility index (Phi) is 9.72. The van der Waals surface area contributed by atoms with Crippen LogP contribution < -0.4 is 20.6 Å². The minimum Gasteiger partial charge on any atom is -0.496 e. The van der Waals surface area contributed by atoms with Gasteiger partial charge in [0.05, 0.1) is 19.1 Å². The third-order valence-electron chi connectivity index (χ3n) is 3.29. The maximum atomic E-state index is 9.31. The van der Waals surface area contributed by atoms with Crippen molar-refractivity contribution in [2.75, 3.05) is 33.6 Å². The van der Waals surface area contributed by atoms with Crippen molar-refractivity contribution in [2.45, 2.75) is 10.6 Å². The Morgan fingerprint density at radius 2 is 1.88 bits per heavy atom. The zero-order chi connectivity index (χ0) is 19.5. The van der Waals surface area contributed by atoms with E-state index in [9.17, 15) is 4.79 Å². The van der Waals surface area contributed by atoms with Crippen LogP contribution in [0.3, 0.4) is 0 Å². The second-order valence-corrected chi connectivity index (χ2v) is 6.54. The van der Waals surface area contributed by atoms with Crippen LogP contribution in [0.1, 0.15) is 5.56 Å². The van der Waals surface area contributed by atoms with Crippen molar-refractivity contribution in [2.24, 2.45) is 5.84 Å². The number of nitrogens with two attached hydrogens (primary N) is 1. The number of nitrogens with zero attached hydrogens (tertiary/aromatic N) is 1. The van der Waals surface area contributed by atoms with Gasteiger partial charge in [0.25, 0.3) is 0 Å².